The van der Waals surface area contributed by atoms with Gasteiger partial charge in [-0.2, -0.15) is 0 Å². The maximum absolute atomic E-state index is 11.9. The Kier molecular flexibility index (Phi) is 6.68. The Morgan fingerprint density at radius 1 is 1.22 bits per heavy atom. The van der Waals surface area contributed by atoms with E-state index in [0.29, 0.717) is 6.04 Å². The van der Waals surface area contributed by atoms with Crippen LogP contribution >= 0.6 is 0 Å². The third-order valence-electron chi connectivity index (χ3n) is 3.16. The monoisotopic (exact) mass is 258 g/mol. The summed E-state index contributed by atoms with van der Waals surface area (Å²) in [6.07, 6.45) is 1.79. The number of carbonyl (C=O) groups is 1. The van der Waals surface area contributed by atoms with Crippen molar-refractivity contribution in [3.05, 3.63) is 0 Å². The molecule has 0 spiro atoms. The van der Waals surface area contributed by atoms with Crippen LogP contribution in [0, 0.1) is 0 Å². The lowest BCUT2D eigenvalue weighted by Gasteiger charge is -2.32. The zero-order chi connectivity index (χ0) is 14.5. The first-order valence-corrected chi connectivity index (χ1v) is 6.70. The van der Waals surface area contributed by atoms with Gasteiger partial charge in [-0.05, 0) is 54.6 Å². The second kappa shape index (κ2) is 6.98. The summed E-state index contributed by atoms with van der Waals surface area (Å²) in [6.45, 7) is 9.90. The molecule has 0 aliphatic carbocycles. The SMILES string of the molecule is CC[C@H](C[C@@H](C)N(C)C(=O)OC(C)(C)C)N(C)C. The molecule has 0 aromatic rings. The first kappa shape index (κ1) is 17.2. The van der Waals surface area contributed by atoms with Crippen LogP contribution in [0.4, 0.5) is 4.79 Å². The van der Waals surface area contributed by atoms with Crippen molar-refractivity contribution in [1.82, 2.24) is 9.80 Å². The van der Waals surface area contributed by atoms with Crippen molar-refractivity contribution in [2.75, 3.05) is 21.1 Å². The lowest BCUT2D eigenvalue weighted by molar-refractivity contribution is 0.0210. The van der Waals surface area contributed by atoms with Crippen LogP contribution in [0.25, 0.3) is 0 Å². The lowest BCUT2D eigenvalue weighted by atomic mass is 10.0. The summed E-state index contributed by atoms with van der Waals surface area (Å²) in [4.78, 5) is 15.8. The Morgan fingerprint density at radius 2 is 1.72 bits per heavy atom. The molecule has 0 aromatic heterocycles. The minimum absolute atomic E-state index is 0.173. The average Bonchev–Trinajstić information content (AvgIpc) is 2.21. The van der Waals surface area contributed by atoms with E-state index in [1.165, 1.54) is 0 Å². The highest BCUT2D eigenvalue weighted by atomic mass is 16.6. The van der Waals surface area contributed by atoms with Gasteiger partial charge in [-0.1, -0.05) is 6.92 Å². The standard InChI is InChI=1S/C14H30N2O2/c1-9-12(15(6)7)10-11(2)16(8)13(17)18-14(3,4)5/h11-12H,9-10H2,1-8H3/t11-,12-/m1/s1. The number of ether oxygens (including phenoxy) is 1. The van der Waals surface area contributed by atoms with Gasteiger partial charge in [0, 0.05) is 19.1 Å². The Hall–Kier alpha value is -0.770. The fourth-order valence-corrected chi connectivity index (χ4v) is 1.81. The van der Waals surface area contributed by atoms with Crippen LogP contribution < -0.4 is 0 Å². The van der Waals surface area contributed by atoms with Crippen molar-refractivity contribution in [2.45, 2.75) is 65.1 Å². The Morgan fingerprint density at radius 3 is 2.06 bits per heavy atom. The van der Waals surface area contributed by atoms with Gasteiger partial charge in [0.15, 0.2) is 0 Å². The van der Waals surface area contributed by atoms with E-state index in [-0.39, 0.29) is 12.1 Å². The van der Waals surface area contributed by atoms with Crippen molar-refractivity contribution in [1.29, 1.82) is 0 Å². The van der Waals surface area contributed by atoms with Crippen molar-refractivity contribution in [3.63, 3.8) is 0 Å². The molecule has 0 rings (SSSR count). The molecule has 0 aliphatic heterocycles. The first-order valence-electron chi connectivity index (χ1n) is 6.70. The van der Waals surface area contributed by atoms with Crippen LogP contribution in [0.2, 0.25) is 0 Å². The third-order valence-corrected chi connectivity index (χ3v) is 3.16. The van der Waals surface area contributed by atoms with Crippen LogP contribution in [0.5, 0.6) is 0 Å². The molecule has 1 amide bonds. The van der Waals surface area contributed by atoms with Gasteiger partial charge in [0.05, 0.1) is 0 Å². The van der Waals surface area contributed by atoms with E-state index in [2.05, 4.69) is 32.8 Å². The van der Waals surface area contributed by atoms with Crippen molar-refractivity contribution in [3.8, 4) is 0 Å². The van der Waals surface area contributed by atoms with Gasteiger partial charge in [-0.15, -0.1) is 0 Å². The number of hydrogen-bond donors (Lipinski definition) is 0. The zero-order valence-electron chi connectivity index (χ0n) is 13.3. The highest BCUT2D eigenvalue weighted by Gasteiger charge is 2.24. The fourth-order valence-electron chi connectivity index (χ4n) is 1.81. The number of amides is 1. The van der Waals surface area contributed by atoms with Crippen molar-refractivity contribution >= 4 is 6.09 Å². The lowest BCUT2D eigenvalue weighted by Crippen LogP contribution is -2.42. The number of rotatable bonds is 5. The third kappa shape index (κ3) is 6.24. The maximum Gasteiger partial charge on any atom is 0.410 e. The minimum Gasteiger partial charge on any atom is -0.444 e. The fraction of sp³-hybridized carbons (Fsp3) is 0.929. The second-order valence-electron chi connectivity index (χ2n) is 6.20. The molecule has 0 unspecified atom stereocenters. The Bertz CT molecular complexity index is 259. The van der Waals surface area contributed by atoms with Crippen LogP contribution in [-0.2, 0) is 4.74 Å². The van der Waals surface area contributed by atoms with E-state index in [4.69, 9.17) is 4.74 Å². The number of nitrogens with zero attached hydrogens (tertiary/aromatic N) is 2. The van der Waals surface area contributed by atoms with E-state index in [1.54, 1.807) is 11.9 Å². The summed E-state index contributed by atoms with van der Waals surface area (Å²) >= 11 is 0. The first-order chi connectivity index (χ1) is 8.08. The number of carbonyl (C=O) groups excluding carboxylic acids is 1. The predicted molar refractivity (Wildman–Crippen MR) is 75.8 cm³/mol. The van der Waals surface area contributed by atoms with E-state index < -0.39 is 5.60 Å². The predicted octanol–water partition coefficient (Wildman–Crippen LogP) is 2.97. The van der Waals surface area contributed by atoms with Crippen LogP contribution in [-0.4, -0.2) is 54.7 Å². The summed E-state index contributed by atoms with van der Waals surface area (Å²) in [7, 11) is 5.96. The molecule has 0 heterocycles. The van der Waals surface area contributed by atoms with Gasteiger partial charge in [-0.25, -0.2) is 4.79 Å². The largest absolute Gasteiger partial charge is 0.444 e. The highest BCUT2D eigenvalue weighted by molar-refractivity contribution is 5.68. The Labute approximate surface area is 112 Å². The molecule has 0 saturated carbocycles. The quantitative estimate of drug-likeness (QED) is 0.760. The Balaban J connectivity index is 4.41. The molecule has 0 aliphatic rings. The molecule has 0 bridgehead atoms. The molecule has 2 atom stereocenters. The van der Waals surface area contributed by atoms with Crippen LogP contribution in [0.1, 0.15) is 47.5 Å². The van der Waals surface area contributed by atoms with E-state index in [1.807, 2.05) is 20.8 Å². The molecule has 18 heavy (non-hydrogen) atoms. The summed E-state index contributed by atoms with van der Waals surface area (Å²) in [6, 6.07) is 0.664. The summed E-state index contributed by atoms with van der Waals surface area (Å²) in [5, 5.41) is 0. The molecule has 108 valence electrons. The minimum atomic E-state index is -0.434. The summed E-state index contributed by atoms with van der Waals surface area (Å²) < 4.78 is 5.37. The van der Waals surface area contributed by atoms with E-state index in [9.17, 15) is 4.79 Å². The van der Waals surface area contributed by atoms with Crippen molar-refractivity contribution < 1.29 is 9.53 Å². The molecule has 0 aromatic carbocycles. The van der Waals surface area contributed by atoms with Gasteiger partial charge >= 0.3 is 6.09 Å². The van der Waals surface area contributed by atoms with Crippen LogP contribution in [0.3, 0.4) is 0 Å². The summed E-state index contributed by atoms with van der Waals surface area (Å²) in [5.74, 6) is 0. The van der Waals surface area contributed by atoms with Gasteiger partial charge in [0.25, 0.3) is 0 Å². The van der Waals surface area contributed by atoms with Gasteiger partial charge < -0.3 is 14.5 Å². The number of hydrogen-bond acceptors (Lipinski definition) is 3. The zero-order valence-corrected chi connectivity index (χ0v) is 13.3. The van der Waals surface area contributed by atoms with Crippen LogP contribution in [0.15, 0.2) is 0 Å². The summed E-state index contributed by atoms with van der Waals surface area (Å²) in [5.41, 5.74) is -0.434. The second-order valence-corrected chi connectivity index (χ2v) is 6.20. The van der Waals surface area contributed by atoms with Crippen molar-refractivity contribution in [2.24, 2.45) is 0 Å². The van der Waals surface area contributed by atoms with Gasteiger partial charge in [0.1, 0.15) is 5.60 Å². The molecule has 0 saturated heterocycles. The molecule has 4 heteroatoms. The molecule has 0 radical (unpaired) electrons. The molecule has 0 fully saturated rings. The normalized spacial score (nSPS) is 15.4. The molecule has 0 N–H and O–H groups in total. The van der Waals surface area contributed by atoms with E-state index >= 15 is 0 Å². The highest BCUT2D eigenvalue weighted by Crippen LogP contribution is 2.15. The topological polar surface area (TPSA) is 32.8 Å². The average molecular weight is 258 g/mol. The van der Waals surface area contributed by atoms with E-state index in [0.717, 1.165) is 12.8 Å². The molecule has 4 nitrogen and oxygen atoms in total. The smallest absolute Gasteiger partial charge is 0.410 e. The maximum atomic E-state index is 11.9. The molecular weight excluding hydrogens is 228 g/mol. The van der Waals surface area contributed by atoms with Gasteiger partial charge in [-0.3, -0.25) is 0 Å². The molecular formula is C14H30N2O2. The van der Waals surface area contributed by atoms with Gasteiger partial charge in [0.2, 0.25) is 0 Å².